The molecule has 5 aromatic rings. The van der Waals surface area contributed by atoms with Crippen LogP contribution in [0.5, 0.6) is 5.88 Å². The van der Waals surface area contributed by atoms with Crippen LogP contribution in [-0.4, -0.2) is 87.0 Å². The van der Waals surface area contributed by atoms with Crippen molar-refractivity contribution in [3.05, 3.63) is 112 Å². The Kier molecular flexibility index (Phi) is 11.3. The molecule has 11 heteroatoms. The quantitative estimate of drug-likeness (QED) is 0.127. The molecule has 1 saturated carbocycles. The number of carbonyl (C=O) groups is 1. The summed E-state index contributed by atoms with van der Waals surface area (Å²) in [4.78, 5) is 37.9. The third-order valence-corrected chi connectivity index (χ3v) is 10.9. The van der Waals surface area contributed by atoms with Crippen LogP contribution in [0.3, 0.4) is 0 Å². The number of piperazine rings is 1. The fraction of sp³-hybridized carbons (Fsp3) is 0.439. The smallest absolute Gasteiger partial charge is 0.275 e. The Balaban J connectivity index is 0.961. The van der Waals surface area contributed by atoms with Gasteiger partial charge in [-0.25, -0.2) is 8.78 Å². The number of halogens is 2. The minimum absolute atomic E-state index is 0.0557. The summed E-state index contributed by atoms with van der Waals surface area (Å²) in [6.07, 6.45) is 9.53. The average Bonchev–Trinajstić information content (AvgIpc) is 3.68. The summed E-state index contributed by atoms with van der Waals surface area (Å²) in [6, 6.07) is 20.8. The summed E-state index contributed by atoms with van der Waals surface area (Å²) < 4.78 is 37.2. The van der Waals surface area contributed by atoms with Crippen molar-refractivity contribution in [3.8, 4) is 5.88 Å². The van der Waals surface area contributed by atoms with Crippen molar-refractivity contribution in [2.45, 2.75) is 70.0 Å². The molecule has 0 N–H and O–H groups in total. The highest BCUT2D eigenvalue weighted by Gasteiger charge is 2.27. The first-order valence-electron chi connectivity index (χ1n) is 18.7. The molecular weight excluding hydrogens is 662 g/mol. The number of hydrogen-bond acceptors (Lipinski definition) is 6. The highest BCUT2D eigenvalue weighted by atomic mass is 19.1. The Labute approximate surface area is 303 Å². The van der Waals surface area contributed by atoms with Crippen LogP contribution in [-0.2, 0) is 11.3 Å². The second-order valence-electron chi connectivity index (χ2n) is 14.2. The topological polar surface area (TPSA) is 75.3 Å². The van der Waals surface area contributed by atoms with Crippen LogP contribution < -0.4 is 10.3 Å². The van der Waals surface area contributed by atoms with Gasteiger partial charge in [0.2, 0.25) is 11.8 Å². The van der Waals surface area contributed by atoms with Crippen molar-refractivity contribution in [1.29, 1.82) is 0 Å². The fourth-order valence-corrected chi connectivity index (χ4v) is 7.95. The number of benzene rings is 2. The predicted molar refractivity (Wildman–Crippen MR) is 199 cm³/mol. The van der Waals surface area contributed by atoms with Crippen LogP contribution in [0.25, 0.3) is 16.7 Å². The number of carbonyl (C=O) groups excluding carboxylic acids is 1. The molecule has 0 unspecified atom stereocenters. The summed E-state index contributed by atoms with van der Waals surface area (Å²) in [5.74, 6) is 0.0762. The Morgan fingerprint density at radius 2 is 1.52 bits per heavy atom. The Morgan fingerprint density at radius 3 is 2.19 bits per heavy atom. The zero-order valence-electron chi connectivity index (χ0n) is 29.9. The van der Waals surface area contributed by atoms with E-state index in [1.54, 1.807) is 0 Å². The number of aromatic nitrogens is 3. The summed E-state index contributed by atoms with van der Waals surface area (Å²) in [7, 11) is 1.93. The van der Waals surface area contributed by atoms with Gasteiger partial charge in [-0.05, 0) is 85.8 Å². The van der Waals surface area contributed by atoms with E-state index in [9.17, 15) is 18.4 Å². The molecule has 1 aliphatic heterocycles. The molecule has 1 aliphatic carbocycles. The van der Waals surface area contributed by atoms with E-state index in [4.69, 9.17) is 9.72 Å². The van der Waals surface area contributed by atoms with Crippen LogP contribution in [0, 0.1) is 11.6 Å². The van der Waals surface area contributed by atoms with Crippen molar-refractivity contribution < 1.29 is 18.3 Å². The predicted octanol–water partition coefficient (Wildman–Crippen LogP) is 6.67. The van der Waals surface area contributed by atoms with Crippen LogP contribution in [0.4, 0.5) is 8.78 Å². The number of aryl methyl sites for hydroxylation is 1. The van der Waals surface area contributed by atoms with E-state index in [1.165, 1.54) is 43.5 Å². The third-order valence-electron chi connectivity index (χ3n) is 10.9. The first-order chi connectivity index (χ1) is 25.4. The molecule has 0 atom stereocenters. The second kappa shape index (κ2) is 16.4. The molecule has 0 spiro atoms. The molecule has 2 fully saturated rings. The van der Waals surface area contributed by atoms with Gasteiger partial charge >= 0.3 is 0 Å². The number of pyridine rings is 1. The molecule has 4 heterocycles. The van der Waals surface area contributed by atoms with Gasteiger partial charge in [0, 0.05) is 64.5 Å². The number of hydrogen-bond donors (Lipinski definition) is 0. The molecule has 1 saturated heterocycles. The van der Waals surface area contributed by atoms with Gasteiger partial charge in [-0.1, -0.05) is 43.5 Å². The molecule has 52 heavy (non-hydrogen) atoms. The van der Waals surface area contributed by atoms with Crippen LogP contribution in [0.2, 0.25) is 0 Å². The van der Waals surface area contributed by atoms with Gasteiger partial charge in [0.25, 0.3) is 5.56 Å². The van der Waals surface area contributed by atoms with E-state index < -0.39 is 0 Å². The lowest BCUT2D eigenvalue weighted by molar-refractivity contribution is -0.132. The van der Waals surface area contributed by atoms with Gasteiger partial charge in [-0.2, -0.15) is 4.98 Å². The lowest BCUT2D eigenvalue weighted by Gasteiger charge is -2.40. The number of fused-ring (bicyclic) bond motifs is 3. The average molecular weight is 711 g/mol. The van der Waals surface area contributed by atoms with Gasteiger partial charge in [0.15, 0.2) is 5.65 Å². The molecule has 9 nitrogen and oxygen atoms in total. The molecule has 274 valence electrons. The van der Waals surface area contributed by atoms with Crippen molar-refractivity contribution in [2.75, 3.05) is 46.4 Å². The maximum absolute atomic E-state index is 13.8. The van der Waals surface area contributed by atoms with Crippen LogP contribution in [0.15, 0.2) is 83.8 Å². The SMILES string of the molecule is CN(C(=O)CCCOc1ccc2c(n1)n1cccc1c(=O)n2CCCN1CCN(C(c2ccc(F)cc2)c2ccc(F)cc2)CC1)C1CCCCC1. The first kappa shape index (κ1) is 35.8. The first-order valence-corrected chi connectivity index (χ1v) is 18.7. The van der Waals surface area contributed by atoms with Gasteiger partial charge in [-0.15, -0.1) is 0 Å². The molecular formula is C41H48F2N6O3. The fourth-order valence-electron chi connectivity index (χ4n) is 7.95. The number of ether oxygens (including phenoxy) is 1. The Bertz CT molecular complexity index is 1970. The largest absolute Gasteiger partial charge is 0.478 e. The zero-order chi connectivity index (χ0) is 36.0. The van der Waals surface area contributed by atoms with E-state index in [2.05, 4.69) is 9.80 Å². The normalized spacial score (nSPS) is 16.2. The standard InChI is InChI=1S/C41H48F2N6O3/c1-45(34-8-3-2-4-9-34)38(50)11-6-29-52-37-21-20-35-40(44-37)48-23-5-10-36(48)41(51)49(35)24-7-22-46-25-27-47(28-26-46)39(30-12-16-32(42)17-13-30)31-14-18-33(43)19-15-31/h5,10,12-21,23,34,39H,2-4,6-9,11,22,24-29H2,1H3. The second-order valence-corrected chi connectivity index (χ2v) is 14.2. The third kappa shape index (κ3) is 8.05. The van der Waals surface area contributed by atoms with E-state index in [0.717, 1.165) is 68.6 Å². The molecule has 2 aliphatic rings. The summed E-state index contributed by atoms with van der Waals surface area (Å²) in [5.41, 5.74) is 3.87. The summed E-state index contributed by atoms with van der Waals surface area (Å²) in [5, 5.41) is 0. The summed E-state index contributed by atoms with van der Waals surface area (Å²) in [6.45, 7) is 5.05. The highest BCUT2D eigenvalue weighted by molar-refractivity contribution is 5.76. The zero-order valence-corrected chi connectivity index (χ0v) is 29.9. The Hall–Kier alpha value is -4.61. The van der Waals surface area contributed by atoms with Crippen LogP contribution in [0.1, 0.15) is 68.5 Å². The molecule has 2 aromatic carbocycles. The number of amides is 1. The van der Waals surface area contributed by atoms with Crippen molar-refractivity contribution in [1.82, 2.24) is 28.7 Å². The number of rotatable bonds is 13. The highest BCUT2D eigenvalue weighted by Crippen LogP contribution is 2.30. The molecule has 0 radical (unpaired) electrons. The molecule has 7 rings (SSSR count). The summed E-state index contributed by atoms with van der Waals surface area (Å²) >= 11 is 0. The van der Waals surface area contributed by atoms with E-state index >= 15 is 0 Å². The maximum Gasteiger partial charge on any atom is 0.275 e. The van der Waals surface area contributed by atoms with Gasteiger partial charge in [0.05, 0.1) is 18.2 Å². The Morgan fingerprint density at radius 1 is 0.846 bits per heavy atom. The minimum atomic E-state index is -0.281. The van der Waals surface area contributed by atoms with Gasteiger partial charge in [0.1, 0.15) is 17.2 Å². The van der Waals surface area contributed by atoms with Gasteiger partial charge < -0.3 is 19.1 Å². The lowest BCUT2D eigenvalue weighted by Crippen LogP contribution is -2.48. The maximum atomic E-state index is 13.8. The number of nitrogens with zero attached hydrogens (tertiary/aromatic N) is 6. The van der Waals surface area contributed by atoms with Crippen molar-refractivity contribution in [2.24, 2.45) is 0 Å². The van der Waals surface area contributed by atoms with Gasteiger partial charge in [-0.3, -0.25) is 18.9 Å². The van der Waals surface area contributed by atoms with E-state index in [0.29, 0.717) is 49.1 Å². The minimum Gasteiger partial charge on any atom is -0.478 e. The molecule has 3 aromatic heterocycles. The molecule has 1 amide bonds. The van der Waals surface area contributed by atoms with E-state index in [1.807, 2.05) is 75.6 Å². The lowest BCUT2D eigenvalue weighted by atomic mass is 9.94. The van der Waals surface area contributed by atoms with Crippen molar-refractivity contribution >= 4 is 22.6 Å². The van der Waals surface area contributed by atoms with Crippen LogP contribution >= 0.6 is 0 Å². The van der Waals surface area contributed by atoms with E-state index in [-0.39, 0.29) is 29.1 Å². The monoisotopic (exact) mass is 710 g/mol. The molecule has 0 bridgehead atoms. The van der Waals surface area contributed by atoms with Crippen molar-refractivity contribution in [3.63, 3.8) is 0 Å².